The first kappa shape index (κ1) is 23.2. The molecule has 0 N–H and O–H groups in total. The van der Waals surface area contributed by atoms with Crippen molar-refractivity contribution in [3.63, 3.8) is 0 Å². The van der Waals surface area contributed by atoms with Gasteiger partial charge in [-0.2, -0.15) is 0 Å². The highest BCUT2D eigenvalue weighted by Gasteiger charge is 2.61. The third-order valence-electron chi connectivity index (χ3n) is 10.6. The minimum atomic E-state index is -4.72. The average Bonchev–Trinajstić information content (AvgIpc) is 3.10. The maximum atomic E-state index is 13.5. The fourth-order valence-electron chi connectivity index (χ4n) is 8.93. The molecular weight excluding hydrogens is 425 g/mol. The van der Waals surface area contributed by atoms with E-state index in [-0.39, 0.29) is 22.9 Å². The first-order chi connectivity index (χ1) is 15.5. The molecule has 33 heavy (non-hydrogen) atoms. The Morgan fingerprint density at radius 2 is 1.58 bits per heavy atom. The molecule has 182 valence electrons. The van der Waals surface area contributed by atoms with Crippen LogP contribution < -0.4 is 4.74 Å². The summed E-state index contributed by atoms with van der Waals surface area (Å²) in [6.07, 6.45) is 6.37. The largest absolute Gasteiger partial charge is 0.573 e. The first-order valence-corrected chi connectivity index (χ1v) is 12.9. The van der Waals surface area contributed by atoms with Crippen LogP contribution in [-0.2, 0) is 0 Å². The van der Waals surface area contributed by atoms with Gasteiger partial charge in [0.1, 0.15) is 5.75 Å². The van der Waals surface area contributed by atoms with Gasteiger partial charge in [0.2, 0.25) is 0 Å². The molecule has 4 aliphatic carbocycles. The van der Waals surface area contributed by atoms with E-state index in [9.17, 15) is 18.0 Å². The third kappa shape index (κ3) is 3.91. The third-order valence-corrected chi connectivity index (χ3v) is 10.6. The minimum Gasteiger partial charge on any atom is -0.406 e. The summed E-state index contributed by atoms with van der Waals surface area (Å²) in [4.78, 5) is 13.5. The molecule has 1 aromatic rings. The van der Waals surface area contributed by atoms with Crippen molar-refractivity contribution in [3.8, 4) is 5.75 Å². The molecule has 0 aromatic heterocycles. The number of halogens is 3. The number of rotatable bonds is 3. The molecular formula is C28H37F3O2. The van der Waals surface area contributed by atoms with Crippen LogP contribution in [0.15, 0.2) is 24.3 Å². The van der Waals surface area contributed by atoms with Crippen molar-refractivity contribution in [2.24, 2.45) is 46.3 Å². The van der Waals surface area contributed by atoms with Gasteiger partial charge in [0, 0.05) is 11.5 Å². The SMILES string of the molecule is CC1CCC2(C)C(CCC3C2CCC2(C)C(C(=O)c4ccc(OC(F)(F)F)cc4)CCC32)C1. The Kier molecular flexibility index (Phi) is 5.64. The maximum absolute atomic E-state index is 13.5. The number of ketones is 1. The lowest BCUT2D eigenvalue weighted by Gasteiger charge is -2.61. The highest BCUT2D eigenvalue weighted by atomic mass is 19.4. The van der Waals surface area contributed by atoms with Crippen molar-refractivity contribution in [1.29, 1.82) is 0 Å². The Morgan fingerprint density at radius 1 is 0.909 bits per heavy atom. The quantitative estimate of drug-likeness (QED) is 0.425. The maximum Gasteiger partial charge on any atom is 0.573 e. The van der Waals surface area contributed by atoms with E-state index in [1.54, 1.807) is 0 Å². The van der Waals surface area contributed by atoms with E-state index in [1.165, 1.54) is 62.8 Å². The molecule has 5 rings (SSSR count). The molecule has 8 atom stereocenters. The van der Waals surface area contributed by atoms with Gasteiger partial charge in [0.05, 0.1) is 0 Å². The molecule has 4 aliphatic rings. The predicted octanol–water partition coefficient (Wildman–Crippen LogP) is 8.06. The monoisotopic (exact) mass is 462 g/mol. The lowest BCUT2D eigenvalue weighted by molar-refractivity contribution is -0.274. The fourth-order valence-corrected chi connectivity index (χ4v) is 8.93. The smallest absolute Gasteiger partial charge is 0.406 e. The molecule has 0 radical (unpaired) electrons. The predicted molar refractivity (Wildman–Crippen MR) is 122 cm³/mol. The Hall–Kier alpha value is -1.52. The number of hydrogen-bond donors (Lipinski definition) is 0. The molecule has 4 saturated carbocycles. The van der Waals surface area contributed by atoms with Crippen molar-refractivity contribution in [1.82, 2.24) is 0 Å². The van der Waals surface area contributed by atoms with Gasteiger partial charge in [-0.25, -0.2) is 0 Å². The van der Waals surface area contributed by atoms with Gasteiger partial charge < -0.3 is 4.74 Å². The summed E-state index contributed by atoms with van der Waals surface area (Å²) in [6, 6.07) is 5.53. The second kappa shape index (κ2) is 8.02. The summed E-state index contributed by atoms with van der Waals surface area (Å²) < 4.78 is 41.4. The average molecular weight is 463 g/mol. The van der Waals surface area contributed by atoms with E-state index in [0.29, 0.717) is 16.9 Å². The summed E-state index contributed by atoms with van der Waals surface area (Å²) in [6.45, 7) is 7.33. The van der Waals surface area contributed by atoms with E-state index in [1.807, 2.05) is 0 Å². The van der Waals surface area contributed by atoms with Gasteiger partial charge in [0.25, 0.3) is 0 Å². The van der Waals surface area contributed by atoms with Gasteiger partial charge in [-0.3, -0.25) is 4.79 Å². The lowest BCUT2D eigenvalue weighted by atomic mass is 9.44. The van der Waals surface area contributed by atoms with Crippen LogP contribution in [-0.4, -0.2) is 12.1 Å². The number of hydrogen-bond acceptors (Lipinski definition) is 2. The molecule has 1 aromatic carbocycles. The Labute approximate surface area is 195 Å². The zero-order valence-corrected chi connectivity index (χ0v) is 20.1. The van der Waals surface area contributed by atoms with E-state index in [0.717, 1.165) is 42.9 Å². The molecule has 0 bridgehead atoms. The molecule has 0 amide bonds. The fraction of sp³-hybridized carbons (Fsp3) is 0.750. The van der Waals surface area contributed by atoms with Crippen molar-refractivity contribution < 1.29 is 22.7 Å². The topological polar surface area (TPSA) is 26.3 Å². The summed E-state index contributed by atoms with van der Waals surface area (Å²) >= 11 is 0. The second-order valence-electron chi connectivity index (χ2n) is 12.1. The highest BCUT2D eigenvalue weighted by Crippen LogP contribution is 2.68. The zero-order chi connectivity index (χ0) is 23.6. The molecule has 4 fully saturated rings. The molecule has 0 saturated heterocycles. The van der Waals surface area contributed by atoms with Gasteiger partial charge in [-0.05, 0) is 116 Å². The van der Waals surface area contributed by atoms with E-state index in [2.05, 4.69) is 25.5 Å². The van der Waals surface area contributed by atoms with Crippen LogP contribution >= 0.6 is 0 Å². The van der Waals surface area contributed by atoms with Crippen molar-refractivity contribution in [2.45, 2.75) is 84.9 Å². The summed E-state index contributed by atoms with van der Waals surface area (Å²) in [5, 5.41) is 0. The minimum absolute atomic E-state index is 0.00451. The number of ether oxygens (including phenoxy) is 1. The van der Waals surface area contributed by atoms with Crippen LogP contribution in [0.1, 0.15) is 88.9 Å². The van der Waals surface area contributed by atoms with E-state index >= 15 is 0 Å². The summed E-state index contributed by atoms with van der Waals surface area (Å²) in [5.74, 6) is 3.61. The van der Waals surface area contributed by atoms with Crippen molar-refractivity contribution >= 4 is 5.78 Å². The number of alkyl halides is 3. The van der Waals surface area contributed by atoms with Gasteiger partial charge in [-0.1, -0.05) is 27.2 Å². The standard InChI is InChI=1S/C28H37F3O2/c1-17-12-14-26(2)19(16-17)6-9-21-22-10-11-24(27(22,3)15-13-23(21)26)25(32)18-4-7-20(8-5-18)33-28(29,30)31/h4-5,7-8,17,19,21-24H,6,9-16H2,1-3H3. The van der Waals surface area contributed by atoms with Crippen LogP contribution in [0.5, 0.6) is 5.75 Å². The molecule has 5 heteroatoms. The molecule has 0 aliphatic heterocycles. The van der Waals surface area contributed by atoms with Crippen LogP contribution in [0.25, 0.3) is 0 Å². The lowest BCUT2D eigenvalue weighted by Crippen LogP contribution is -2.53. The van der Waals surface area contributed by atoms with Gasteiger partial charge in [0.15, 0.2) is 5.78 Å². The molecule has 0 heterocycles. The summed E-state index contributed by atoms with van der Waals surface area (Å²) in [7, 11) is 0. The number of benzene rings is 1. The Morgan fingerprint density at radius 3 is 2.27 bits per heavy atom. The van der Waals surface area contributed by atoms with Crippen molar-refractivity contribution in [3.05, 3.63) is 29.8 Å². The second-order valence-corrected chi connectivity index (χ2v) is 12.1. The van der Waals surface area contributed by atoms with Crippen LogP contribution in [0, 0.1) is 46.3 Å². The molecule has 2 nitrogen and oxygen atoms in total. The normalized spacial score (nSPS) is 42.7. The van der Waals surface area contributed by atoms with Gasteiger partial charge >= 0.3 is 6.36 Å². The summed E-state index contributed by atoms with van der Waals surface area (Å²) in [5.41, 5.74) is 0.980. The van der Waals surface area contributed by atoms with Crippen molar-refractivity contribution in [2.75, 3.05) is 0 Å². The van der Waals surface area contributed by atoms with Crippen LogP contribution in [0.2, 0.25) is 0 Å². The number of carbonyl (C=O) groups excluding carboxylic acids is 1. The molecule has 0 spiro atoms. The number of fused-ring (bicyclic) bond motifs is 5. The number of Topliss-reactive ketones (excluding diaryl/α,β-unsaturated/α-hetero) is 1. The van der Waals surface area contributed by atoms with E-state index in [4.69, 9.17) is 0 Å². The first-order valence-electron chi connectivity index (χ1n) is 12.9. The highest BCUT2D eigenvalue weighted by molar-refractivity contribution is 5.98. The molecule has 8 unspecified atom stereocenters. The zero-order valence-electron chi connectivity index (χ0n) is 20.1. The van der Waals surface area contributed by atoms with E-state index < -0.39 is 6.36 Å². The number of carbonyl (C=O) groups is 1. The Bertz CT molecular complexity index is 893. The Balaban J connectivity index is 1.33. The van der Waals surface area contributed by atoms with Crippen LogP contribution in [0.4, 0.5) is 13.2 Å². The van der Waals surface area contributed by atoms with Gasteiger partial charge in [-0.15, -0.1) is 13.2 Å². The van der Waals surface area contributed by atoms with Crippen LogP contribution in [0.3, 0.4) is 0 Å².